The second-order valence-electron chi connectivity index (χ2n) is 2.46. The summed E-state index contributed by atoms with van der Waals surface area (Å²) in [5.41, 5.74) is 1.03. The Hall–Kier alpha value is -0.870. The largest absolute Gasteiger partial charge is 0.371 e. The van der Waals surface area contributed by atoms with E-state index in [-0.39, 0.29) is 0 Å². The Kier molecular flexibility index (Phi) is 2.10. The second-order valence-corrected chi connectivity index (χ2v) is 3.47. The van der Waals surface area contributed by atoms with Crippen molar-refractivity contribution in [2.24, 2.45) is 4.99 Å². The summed E-state index contributed by atoms with van der Waals surface area (Å²) in [6.07, 6.45) is 2.92. The van der Waals surface area contributed by atoms with Gasteiger partial charge in [0.1, 0.15) is 5.04 Å². The Balaban J connectivity index is 2.27. The van der Waals surface area contributed by atoms with Crippen LogP contribution >= 0.6 is 11.8 Å². The molecule has 1 aromatic heterocycles. The molecule has 2 rings (SSSR count). The summed E-state index contributed by atoms with van der Waals surface area (Å²) < 4.78 is 0. The van der Waals surface area contributed by atoms with Gasteiger partial charge in [0.2, 0.25) is 0 Å². The van der Waals surface area contributed by atoms with Crippen LogP contribution in [0, 0.1) is 0 Å². The van der Waals surface area contributed by atoms with Crippen LogP contribution in [-0.4, -0.2) is 27.1 Å². The van der Waals surface area contributed by atoms with E-state index in [1.165, 1.54) is 0 Å². The zero-order chi connectivity index (χ0) is 8.39. The van der Waals surface area contributed by atoms with Crippen molar-refractivity contribution in [3.8, 4) is 0 Å². The molecule has 0 aromatic carbocycles. The van der Waals surface area contributed by atoms with E-state index in [1.54, 1.807) is 24.2 Å². The molecular weight excluding hydrogens is 172 g/mol. The minimum absolute atomic E-state index is 0.529. The van der Waals surface area contributed by atoms with Gasteiger partial charge in [-0.3, -0.25) is 4.98 Å². The number of aliphatic hydroxyl groups excluding tert-OH is 1. The number of aliphatic imine (C=N–C) groups is 1. The topological polar surface area (TPSA) is 45.5 Å². The van der Waals surface area contributed by atoms with E-state index >= 15 is 0 Å². The van der Waals surface area contributed by atoms with E-state index in [9.17, 15) is 0 Å². The minimum atomic E-state index is -0.529. The predicted octanol–water partition coefficient (Wildman–Crippen LogP) is 0.893. The maximum absolute atomic E-state index is 9.14. The lowest BCUT2D eigenvalue weighted by atomic mass is 10.3. The van der Waals surface area contributed by atoms with Crippen molar-refractivity contribution in [1.29, 1.82) is 0 Å². The molecule has 1 aliphatic rings. The fraction of sp³-hybridized carbons (Fsp3) is 0.250. The zero-order valence-electron chi connectivity index (χ0n) is 6.34. The molecule has 0 spiro atoms. The molecule has 1 N–H and O–H groups in total. The Morgan fingerprint density at radius 1 is 1.42 bits per heavy atom. The summed E-state index contributed by atoms with van der Waals surface area (Å²) in [7, 11) is 0. The molecule has 0 saturated heterocycles. The smallest absolute Gasteiger partial charge is 0.155 e. The van der Waals surface area contributed by atoms with E-state index < -0.39 is 6.23 Å². The number of aromatic nitrogens is 1. The lowest BCUT2D eigenvalue weighted by Crippen LogP contribution is -1.98. The molecule has 0 amide bonds. The molecule has 1 unspecified atom stereocenters. The number of thioether (sulfide) groups is 1. The van der Waals surface area contributed by atoms with Crippen LogP contribution in [0.1, 0.15) is 5.56 Å². The number of aliphatic hydroxyl groups is 1. The molecule has 4 heteroatoms. The highest BCUT2D eigenvalue weighted by molar-refractivity contribution is 8.14. The second kappa shape index (κ2) is 3.25. The van der Waals surface area contributed by atoms with Crippen LogP contribution in [0.4, 0.5) is 0 Å². The molecule has 62 valence electrons. The Bertz CT molecular complexity index is 299. The summed E-state index contributed by atoms with van der Waals surface area (Å²) in [6.45, 7) is 0. The van der Waals surface area contributed by atoms with Gasteiger partial charge in [0, 0.05) is 23.7 Å². The Morgan fingerprint density at radius 2 is 2.17 bits per heavy atom. The van der Waals surface area contributed by atoms with Crippen LogP contribution in [0.5, 0.6) is 0 Å². The maximum Gasteiger partial charge on any atom is 0.155 e. The van der Waals surface area contributed by atoms with Gasteiger partial charge in [0.15, 0.2) is 6.23 Å². The van der Waals surface area contributed by atoms with Crippen LogP contribution in [-0.2, 0) is 0 Å². The predicted molar refractivity (Wildman–Crippen MR) is 49.2 cm³/mol. The summed E-state index contributed by atoms with van der Waals surface area (Å²) in [6, 6.07) is 3.79. The molecule has 1 atom stereocenters. The van der Waals surface area contributed by atoms with Gasteiger partial charge >= 0.3 is 0 Å². The molecule has 0 radical (unpaired) electrons. The summed E-state index contributed by atoms with van der Waals surface area (Å²) in [4.78, 5) is 7.98. The van der Waals surface area contributed by atoms with Crippen molar-refractivity contribution in [3.63, 3.8) is 0 Å². The first-order valence-electron chi connectivity index (χ1n) is 3.65. The Morgan fingerprint density at radius 3 is 2.75 bits per heavy atom. The average molecular weight is 180 g/mol. The molecule has 12 heavy (non-hydrogen) atoms. The Labute approximate surface area is 74.6 Å². The molecule has 2 heterocycles. The number of nitrogens with zero attached hydrogens (tertiary/aromatic N) is 2. The first kappa shape index (κ1) is 7.76. The van der Waals surface area contributed by atoms with Gasteiger partial charge in [-0.2, -0.15) is 0 Å². The van der Waals surface area contributed by atoms with Gasteiger partial charge in [-0.1, -0.05) is 0 Å². The lowest BCUT2D eigenvalue weighted by Gasteiger charge is -1.95. The molecule has 1 aliphatic heterocycles. The van der Waals surface area contributed by atoms with E-state index in [0.717, 1.165) is 10.6 Å². The third-order valence-electron chi connectivity index (χ3n) is 1.56. The number of rotatable bonds is 1. The van der Waals surface area contributed by atoms with Gasteiger partial charge in [0.05, 0.1) is 0 Å². The van der Waals surface area contributed by atoms with E-state index in [1.807, 2.05) is 12.1 Å². The molecule has 0 saturated carbocycles. The summed E-state index contributed by atoms with van der Waals surface area (Å²) in [5.74, 6) is 0.664. The molecule has 0 aliphatic carbocycles. The van der Waals surface area contributed by atoms with Crippen LogP contribution in [0.15, 0.2) is 29.5 Å². The quantitative estimate of drug-likeness (QED) is 0.698. The monoisotopic (exact) mass is 180 g/mol. The fourth-order valence-corrected chi connectivity index (χ4v) is 1.90. The molecular formula is C8H8N2OS. The van der Waals surface area contributed by atoms with Gasteiger partial charge in [-0.05, 0) is 12.1 Å². The van der Waals surface area contributed by atoms with Gasteiger partial charge < -0.3 is 5.11 Å². The first-order chi connectivity index (χ1) is 5.86. The average Bonchev–Trinajstić information content (AvgIpc) is 2.54. The SMILES string of the molecule is OC1CSC(c2ccncc2)=N1. The van der Waals surface area contributed by atoms with Gasteiger partial charge in [-0.25, -0.2) is 4.99 Å². The van der Waals surface area contributed by atoms with Crippen LogP contribution in [0.25, 0.3) is 0 Å². The fourth-order valence-electron chi connectivity index (χ4n) is 1.02. The van der Waals surface area contributed by atoms with Gasteiger partial charge in [0.25, 0.3) is 0 Å². The lowest BCUT2D eigenvalue weighted by molar-refractivity contribution is 0.213. The third-order valence-corrected chi connectivity index (χ3v) is 2.64. The van der Waals surface area contributed by atoms with E-state index in [0.29, 0.717) is 5.75 Å². The molecule has 0 fully saturated rings. The summed E-state index contributed by atoms with van der Waals surface area (Å²) >= 11 is 1.58. The van der Waals surface area contributed by atoms with Crippen molar-refractivity contribution < 1.29 is 5.11 Å². The van der Waals surface area contributed by atoms with Crippen molar-refractivity contribution in [2.75, 3.05) is 5.75 Å². The van der Waals surface area contributed by atoms with Crippen LogP contribution < -0.4 is 0 Å². The van der Waals surface area contributed by atoms with Gasteiger partial charge in [-0.15, -0.1) is 11.8 Å². The maximum atomic E-state index is 9.14. The number of pyridine rings is 1. The number of hydrogen-bond donors (Lipinski definition) is 1. The van der Waals surface area contributed by atoms with Crippen molar-refractivity contribution in [3.05, 3.63) is 30.1 Å². The summed E-state index contributed by atoms with van der Waals surface area (Å²) in [5, 5.41) is 10.0. The molecule has 3 nitrogen and oxygen atoms in total. The minimum Gasteiger partial charge on any atom is -0.371 e. The van der Waals surface area contributed by atoms with Crippen molar-refractivity contribution in [2.45, 2.75) is 6.23 Å². The highest BCUT2D eigenvalue weighted by Gasteiger charge is 2.15. The molecule has 1 aromatic rings. The standard InChI is InChI=1S/C8H8N2OS/c11-7-5-12-8(10-7)6-1-3-9-4-2-6/h1-4,7,11H,5H2. The highest BCUT2D eigenvalue weighted by Crippen LogP contribution is 2.21. The van der Waals surface area contributed by atoms with Crippen molar-refractivity contribution >= 4 is 16.8 Å². The third kappa shape index (κ3) is 1.49. The first-order valence-corrected chi connectivity index (χ1v) is 4.64. The number of hydrogen-bond acceptors (Lipinski definition) is 4. The van der Waals surface area contributed by atoms with E-state index in [2.05, 4.69) is 9.98 Å². The molecule has 0 bridgehead atoms. The van der Waals surface area contributed by atoms with E-state index in [4.69, 9.17) is 5.11 Å². The van der Waals surface area contributed by atoms with Crippen LogP contribution in [0.3, 0.4) is 0 Å². The van der Waals surface area contributed by atoms with Crippen molar-refractivity contribution in [1.82, 2.24) is 4.98 Å². The zero-order valence-corrected chi connectivity index (χ0v) is 7.16. The van der Waals surface area contributed by atoms with Crippen LogP contribution in [0.2, 0.25) is 0 Å². The highest BCUT2D eigenvalue weighted by atomic mass is 32.2. The normalized spacial score (nSPS) is 22.4.